The maximum Gasteiger partial charge on any atom is 0.302 e. The number of terminal acetylenes is 1. The van der Waals surface area contributed by atoms with Gasteiger partial charge in [0.1, 0.15) is 11.7 Å². The molecule has 4 aliphatic carbocycles. The average molecular weight is 357 g/mol. The number of rotatable bonds is 1. The van der Waals surface area contributed by atoms with Crippen LogP contribution in [0.3, 0.4) is 0 Å². The highest BCUT2D eigenvalue weighted by molar-refractivity contribution is 5.66. The van der Waals surface area contributed by atoms with Crippen LogP contribution < -0.4 is 0 Å². The first-order valence-electron chi connectivity index (χ1n) is 10.3. The summed E-state index contributed by atoms with van der Waals surface area (Å²) in [4.78, 5) is 11.3. The monoisotopic (exact) mass is 356 g/mol. The second kappa shape index (κ2) is 5.86. The molecular formula is C23H32O3. The fourth-order valence-corrected chi connectivity index (χ4v) is 7.22. The second-order valence-corrected chi connectivity index (χ2v) is 9.73. The number of carbonyl (C=O) groups excluding carboxylic acids is 1. The van der Waals surface area contributed by atoms with Crippen molar-refractivity contribution in [2.24, 2.45) is 28.6 Å². The number of esters is 1. The standard InChI is InChI=1S/C23H32O3/c1-5-23(25)13-10-20-18-7-6-16-14-17(26-15(2)24)8-11-21(16,3)19(18)9-12-22(20,23)4/h1,6,17-20,25H,7-14H2,2-4H3/t17-,18-,19-,20-,21+,22-,23-/m1/s1. The van der Waals surface area contributed by atoms with Crippen LogP contribution in [0.15, 0.2) is 11.6 Å². The minimum absolute atomic E-state index is 0.0512. The normalized spacial score (nSPS) is 49.9. The summed E-state index contributed by atoms with van der Waals surface area (Å²) in [5.41, 5.74) is 0.655. The number of aliphatic hydroxyl groups is 1. The summed E-state index contributed by atoms with van der Waals surface area (Å²) in [6.07, 6.45) is 16.3. The van der Waals surface area contributed by atoms with E-state index in [0.717, 1.165) is 51.4 Å². The SMILES string of the molecule is C#C[C@@]1(O)CC[C@@H]2[C@@H]3CC=C4C[C@H](OC(C)=O)CC[C@]4(C)[C@@H]3CC[C@]21C. The number of hydrogen-bond acceptors (Lipinski definition) is 3. The van der Waals surface area contributed by atoms with Gasteiger partial charge in [0.2, 0.25) is 0 Å². The zero-order chi connectivity index (χ0) is 18.7. The van der Waals surface area contributed by atoms with Gasteiger partial charge in [-0.15, -0.1) is 6.42 Å². The minimum atomic E-state index is -0.930. The van der Waals surface area contributed by atoms with Crippen LogP contribution in [-0.4, -0.2) is 22.8 Å². The maximum absolute atomic E-state index is 11.3. The Morgan fingerprint density at radius 2 is 1.96 bits per heavy atom. The van der Waals surface area contributed by atoms with Gasteiger partial charge >= 0.3 is 5.97 Å². The van der Waals surface area contributed by atoms with Gasteiger partial charge in [0.15, 0.2) is 0 Å². The van der Waals surface area contributed by atoms with Gasteiger partial charge in [0, 0.05) is 18.8 Å². The molecule has 0 aromatic carbocycles. The molecule has 0 aromatic rings. The fourth-order valence-electron chi connectivity index (χ4n) is 7.22. The van der Waals surface area contributed by atoms with Crippen molar-refractivity contribution >= 4 is 5.97 Å². The van der Waals surface area contributed by atoms with Crippen molar-refractivity contribution in [3.05, 3.63) is 11.6 Å². The summed E-state index contributed by atoms with van der Waals surface area (Å²) in [5, 5.41) is 11.1. The van der Waals surface area contributed by atoms with Crippen molar-refractivity contribution in [3.63, 3.8) is 0 Å². The molecule has 7 atom stereocenters. The summed E-state index contributed by atoms with van der Waals surface area (Å²) in [6, 6.07) is 0. The quantitative estimate of drug-likeness (QED) is 0.434. The predicted octanol–water partition coefficient (Wildman–Crippen LogP) is 4.25. The smallest absolute Gasteiger partial charge is 0.302 e. The highest BCUT2D eigenvalue weighted by Gasteiger charge is 2.63. The van der Waals surface area contributed by atoms with E-state index in [1.165, 1.54) is 12.5 Å². The molecule has 3 saturated carbocycles. The fraction of sp³-hybridized carbons (Fsp3) is 0.783. The first-order valence-corrected chi connectivity index (χ1v) is 10.3. The summed E-state index contributed by atoms with van der Waals surface area (Å²) < 4.78 is 5.51. The van der Waals surface area contributed by atoms with Gasteiger partial charge in [-0.3, -0.25) is 4.79 Å². The zero-order valence-electron chi connectivity index (χ0n) is 16.4. The third kappa shape index (κ3) is 2.34. The molecule has 0 unspecified atom stereocenters. The largest absolute Gasteiger partial charge is 0.462 e. The Bertz CT molecular complexity index is 688. The van der Waals surface area contributed by atoms with E-state index in [-0.39, 0.29) is 22.9 Å². The number of ether oxygens (including phenoxy) is 1. The average Bonchev–Trinajstić information content (AvgIpc) is 2.87. The molecule has 4 rings (SSSR count). The lowest BCUT2D eigenvalue weighted by Crippen LogP contribution is -2.54. The summed E-state index contributed by atoms with van der Waals surface area (Å²) >= 11 is 0. The molecule has 0 spiro atoms. The molecule has 1 N–H and O–H groups in total. The molecule has 4 aliphatic rings. The van der Waals surface area contributed by atoms with Gasteiger partial charge in [-0.25, -0.2) is 0 Å². The third-order valence-electron chi connectivity index (χ3n) is 8.78. The Hall–Kier alpha value is -1.27. The van der Waals surface area contributed by atoms with E-state index in [2.05, 4.69) is 25.8 Å². The van der Waals surface area contributed by atoms with Gasteiger partial charge < -0.3 is 9.84 Å². The Morgan fingerprint density at radius 1 is 1.23 bits per heavy atom. The van der Waals surface area contributed by atoms with E-state index in [1.54, 1.807) is 0 Å². The van der Waals surface area contributed by atoms with Gasteiger partial charge in [0.25, 0.3) is 0 Å². The Kier molecular flexibility index (Phi) is 4.08. The second-order valence-electron chi connectivity index (χ2n) is 9.73. The highest BCUT2D eigenvalue weighted by Crippen LogP contribution is 2.67. The number of carbonyl (C=O) groups is 1. The molecule has 0 saturated heterocycles. The topological polar surface area (TPSA) is 46.5 Å². The van der Waals surface area contributed by atoms with Gasteiger partial charge in [-0.05, 0) is 68.1 Å². The van der Waals surface area contributed by atoms with Crippen LogP contribution in [0.1, 0.15) is 72.1 Å². The number of hydrogen-bond donors (Lipinski definition) is 1. The third-order valence-corrected chi connectivity index (χ3v) is 8.78. The summed E-state index contributed by atoms with van der Waals surface area (Å²) in [5.74, 6) is 4.39. The van der Waals surface area contributed by atoms with Gasteiger partial charge in [-0.2, -0.15) is 0 Å². The molecular weight excluding hydrogens is 324 g/mol. The van der Waals surface area contributed by atoms with Crippen LogP contribution in [-0.2, 0) is 9.53 Å². The summed E-state index contributed by atoms with van der Waals surface area (Å²) in [6.45, 7) is 6.18. The van der Waals surface area contributed by atoms with Crippen molar-refractivity contribution < 1.29 is 14.6 Å². The van der Waals surface area contributed by atoms with Crippen molar-refractivity contribution in [2.45, 2.75) is 83.8 Å². The molecule has 0 aliphatic heterocycles. The van der Waals surface area contributed by atoms with Crippen molar-refractivity contribution in [3.8, 4) is 12.3 Å². The first kappa shape index (κ1) is 18.1. The van der Waals surface area contributed by atoms with E-state index < -0.39 is 5.60 Å². The predicted molar refractivity (Wildman–Crippen MR) is 101 cm³/mol. The Labute approximate surface area is 157 Å². The Morgan fingerprint density at radius 3 is 2.65 bits per heavy atom. The van der Waals surface area contributed by atoms with E-state index in [4.69, 9.17) is 11.2 Å². The first-order chi connectivity index (χ1) is 12.2. The molecule has 142 valence electrons. The van der Waals surface area contributed by atoms with Crippen LogP contribution in [0.5, 0.6) is 0 Å². The maximum atomic E-state index is 11.3. The van der Waals surface area contributed by atoms with E-state index >= 15 is 0 Å². The van der Waals surface area contributed by atoms with Gasteiger partial charge in [0.05, 0.1) is 0 Å². The van der Waals surface area contributed by atoms with Crippen molar-refractivity contribution in [1.82, 2.24) is 0 Å². The molecule has 0 bridgehead atoms. The van der Waals surface area contributed by atoms with Crippen LogP contribution in [0.2, 0.25) is 0 Å². The van der Waals surface area contributed by atoms with Crippen LogP contribution in [0, 0.1) is 40.9 Å². The lowest BCUT2D eigenvalue weighted by molar-refractivity contribution is -0.149. The van der Waals surface area contributed by atoms with E-state index in [1.807, 2.05) is 0 Å². The molecule has 0 radical (unpaired) electrons. The number of allylic oxidation sites excluding steroid dienone is 1. The minimum Gasteiger partial charge on any atom is -0.462 e. The molecule has 0 heterocycles. The molecule has 3 nitrogen and oxygen atoms in total. The van der Waals surface area contributed by atoms with E-state index in [9.17, 15) is 9.90 Å². The zero-order valence-corrected chi connectivity index (χ0v) is 16.4. The molecule has 3 fully saturated rings. The van der Waals surface area contributed by atoms with Crippen LogP contribution >= 0.6 is 0 Å². The molecule has 0 amide bonds. The number of fused-ring (bicyclic) bond motifs is 5. The lowest BCUT2D eigenvalue weighted by atomic mass is 9.47. The highest BCUT2D eigenvalue weighted by atomic mass is 16.5. The molecule has 26 heavy (non-hydrogen) atoms. The van der Waals surface area contributed by atoms with Gasteiger partial charge in [-0.1, -0.05) is 31.4 Å². The lowest BCUT2D eigenvalue weighted by Gasteiger charge is -2.58. The van der Waals surface area contributed by atoms with Crippen molar-refractivity contribution in [1.29, 1.82) is 0 Å². The Balaban J connectivity index is 1.61. The molecule has 3 heteroatoms. The van der Waals surface area contributed by atoms with E-state index in [0.29, 0.717) is 17.8 Å². The van der Waals surface area contributed by atoms with Crippen LogP contribution in [0.4, 0.5) is 0 Å². The summed E-state index contributed by atoms with van der Waals surface area (Å²) in [7, 11) is 0. The van der Waals surface area contributed by atoms with Crippen molar-refractivity contribution in [2.75, 3.05) is 0 Å². The molecule has 0 aromatic heterocycles. The van der Waals surface area contributed by atoms with Crippen LogP contribution in [0.25, 0.3) is 0 Å².